The summed E-state index contributed by atoms with van der Waals surface area (Å²) in [7, 11) is 1.71. The van der Waals surface area contributed by atoms with Gasteiger partial charge in [0, 0.05) is 37.4 Å². The molecule has 25 heavy (non-hydrogen) atoms. The van der Waals surface area contributed by atoms with E-state index in [0.29, 0.717) is 12.1 Å². The third-order valence-electron chi connectivity index (χ3n) is 4.93. The van der Waals surface area contributed by atoms with E-state index in [1.165, 1.54) is 11.3 Å². The van der Waals surface area contributed by atoms with Crippen LogP contribution >= 0.6 is 0 Å². The van der Waals surface area contributed by atoms with E-state index in [9.17, 15) is 0 Å². The Morgan fingerprint density at radius 2 is 1.80 bits per heavy atom. The molecule has 3 nitrogen and oxygen atoms in total. The number of methoxy groups -OCH3 is 1. The first-order chi connectivity index (χ1) is 12.2. The van der Waals surface area contributed by atoms with Gasteiger partial charge in [0.05, 0.1) is 7.11 Å². The third-order valence-corrected chi connectivity index (χ3v) is 4.93. The molecule has 0 bridgehead atoms. The van der Waals surface area contributed by atoms with Crippen molar-refractivity contribution in [1.29, 1.82) is 0 Å². The van der Waals surface area contributed by atoms with Crippen LogP contribution in [0.25, 0.3) is 0 Å². The molecule has 0 amide bonds. The van der Waals surface area contributed by atoms with Gasteiger partial charge in [-0.25, -0.2) is 0 Å². The second-order valence-corrected chi connectivity index (χ2v) is 6.81. The molecule has 1 fully saturated rings. The summed E-state index contributed by atoms with van der Waals surface area (Å²) in [6, 6.07) is 20.2. The van der Waals surface area contributed by atoms with Crippen molar-refractivity contribution in [3.8, 4) is 5.75 Å². The highest BCUT2D eigenvalue weighted by atomic mass is 16.5. The Balaban J connectivity index is 1.84. The Morgan fingerprint density at radius 3 is 2.44 bits per heavy atom. The molecule has 2 atom stereocenters. The van der Waals surface area contributed by atoms with E-state index in [4.69, 9.17) is 4.74 Å². The van der Waals surface area contributed by atoms with Gasteiger partial charge in [0.2, 0.25) is 0 Å². The van der Waals surface area contributed by atoms with Crippen LogP contribution in [0, 0.1) is 0 Å². The predicted octanol–water partition coefficient (Wildman–Crippen LogP) is 4.00. The largest absolute Gasteiger partial charge is 0.497 e. The minimum absolute atomic E-state index is 0.444. The second kappa shape index (κ2) is 8.21. The minimum Gasteiger partial charge on any atom is -0.497 e. The van der Waals surface area contributed by atoms with Gasteiger partial charge in [0.25, 0.3) is 0 Å². The Labute approximate surface area is 151 Å². The summed E-state index contributed by atoms with van der Waals surface area (Å²) in [5.41, 5.74) is 2.66. The van der Waals surface area contributed by atoms with Crippen molar-refractivity contribution in [3.63, 3.8) is 0 Å². The molecule has 0 aromatic heterocycles. The lowest BCUT2D eigenvalue weighted by molar-refractivity contribution is 0.211. The van der Waals surface area contributed by atoms with Crippen molar-refractivity contribution < 1.29 is 4.74 Å². The lowest BCUT2D eigenvalue weighted by atomic mass is 9.98. The number of ether oxygens (including phenoxy) is 1. The number of nitrogens with zero attached hydrogens (tertiary/aromatic N) is 2. The smallest absolute Gasteiger partial charge is 0.118 e. The summed E-state index contributed by atoms with van der Waals surface area (Å²) in [4.78, 5) is 5.09. The van der Waals surface area contributed by atoms with Crippen molar-refractivity contribution in [3.05, 3.63) is 72.8 Å². The molecule has 0 aliphatic carbocycles. The molecule has 132 valence electrons. The van der Waals surface area contributed by atoms with Gasteiger partial charge in [-0.05, 0) is 43.2 Å². The Morgan fingerprint density at radius 1 is 1.08 bits per heavy atom. The summed E-state index contributed by atoms with van der Waals surface area (Å²) in [6.07, 6.45) is 3.03. The maximum absolute atomic E-state index is 5.29. The maximum atomic E-state index is 5.29. The van der Waals surface area contributed by atoms with E-state index < -0.39 is 0 Å². The van der Waals surface area contributed by atoms with Crippen LogP contribution in [0.1, 0.15) is 12.5 Å². The highest BCUT2D eigenvalue weighted by Gasteiger charge is 2.31. The van der Waals surface area contributed by atoms with Gasteiger partial charge in [-0.2, -0.15) is 0 Å². The molecule has 0 saturated carbocycles. The van der Waals surface area contributed by atoms with Gasteiger partial charge >= 0.3 is 0 Å². The average molecular weight is 336 g/mol. The second-order valence-electron chi connectivity index (χ2n) is 6.81. The lowest BCUT2D eigenvalue weighted by Crippen LogP contribution is -2.58. The number of rotatable bonds is 6. The zero-order valence-electron chi connectivity index (χ0n) is 15.3. The minimum atomic E-state index is 0.444. The molecule has 1 aliphatic rings. The van der Waals surface area contributed by atoms with Crippen LogP contribution in [0.5, 0.6) is 5.75 Å². The number of anilines is 1. The Hall–Kier alpha value is -2.26. The van der Waals surface area contributed by atoms with E-state index in [2.05, 4.69) is 77.9 Å². The molecule has 0 radical (unpaired) electrons. The molecule has 0 unspecified atom stereocenters. The van der Waals surface area contributed by atoms with Crippen LogP contribution < -0.4 is 9.64 Å². The molecule has 1 heterocycles. The van der Waals surface area contributed by atoms with Gasteiger partial charge in [0.1, 0.15) is 5.75 Å². The molecule has 0 N–H and O–H groups in total. The molecular formula is C22H28N2O. The summed E-state index contributed by atoms with van der Waals surface area (Å²) in [6.45, 7) is 9.31. The van der Waals surface area contributed by atoms with Crippen molar-refractivity contribution in [1.82, 2.24) is 4.90 Å². The van der Waals surface area contributed by atoms with Crippen LogP contribution in [0.2, 0.25) is 0 Å². The lowest BCUT2D eigenvalue weighted by Gasteiger charge is -2.47. The molecule has 3 rings (SSSR count). The number of hydrogen-bond acceptors (Lipinski definition) is 3. The molecule has 1 aliphatic heterocycles. The normalized spacial score (nSPS) is 21.1. The van der Waals surface area contributed by atoms with Gasteiger partial charge in [0.15, 0.2) is 0 Å². The quantitative estimate of drug-likeness (QED) is 0.742. The third kappa shape index (κ3) is 4.23. The zero-order chi connectivity index (χ0) is 17.6. The fourth-order valence-corrected chi connectivity index (χ4v) is 3.88. The van der Waals surface area contributed by atoms with Crippen molar-refractivity contribution in [2.45, 2.75) is 25.4 Å². The van der Waals surface area contributed by atoms with Crippen LogP contribution in [0.4, 0.5) is 5.69 Å². The van der Waals surface area contributed by atoms with E-state index in [1.54, 1.807) is 7.11 Å². The van der Waals surface area contributed by atoms with Crippen LogP contribution in [-0.4, -0.2) is 43.7 Å². The highest BCUT2D eigenvalue weighted by Crippen LogP contribution is 2.27. The Bertz CT molecular complexity index is 668. The van der Waals surface area contributed by atoms with E-state index in [1.807, 2.05) is 6.08 Å². The molecular weight excluding hydrogens is 308 g/mol. The van der Waals surface area contributed by atoms with Crippen molar-refractivity contribution >= 4 is 5.69 Å². The molecule has 2 aromatic rings. The fourth-order valence-electron chi connectivity index (χ4n) is 3.88. The van der Waals surface area contributed by atoms with E-state index in [-0.39, 0.29) is 0 Å². The maximum Gasteiger partial charge on any atom is 0.118 e. The predicted molar refractivity (Wildman–Crippen MR) is 106 cm³/mol. The SMILES string of the molecule is C=CCN1C[C@@H](Cc2ccc(OC)cc2)N(c2ccccc2)[C@@H](C)C1. The standard InChI is InChI=1S/C22H28N2O/c1-4-14-23-16-18(2)24(20-8-6-5-7-9-20)21(17-23)15-19-10-12-22(25-3)13-11-19/h4-13,18,21H,1,14-17H2,2-3H3/t18-,21+/m0/s1. The molecule has 3 heteroatoms. The van der Waals surface area contributed by atoms with Gasteiger partial charge in [-0.1, -0.05) is 36.4 Å². The molecule has 2 aromatic carbocycles. The average Bonchev–Trinajstić information content (AvgIpc) is 2.63. The van der Waals surface area contributed by atoms with Gasteiger partial charge < -0.3 is 9.64 Å². The zero-order valence-corrected chi connectivity index (χ0v) is 15.3. The number of benzene rings is 2. The van der Waals surface area contributed by atoms with Gasteiger partial charge in [-0.3, -0.25) is 4.90 Å². The monoisotopic (exact) mass is 336 g/mol. The number of hydrogen-bond donors (Lipinski definition) is 0. The molecule has 0 spiro atoms. The number of piperazine rings is 1. The van der Waals surface area contributed by atoms with Crippen molar-refractivity contribution in [2.75, 3.05) is 31.6 Å². The number of para-hydroxylation sites is 1. The topological polar surface area (TPSA) is 15.7 Å². The summed E-state index contributed by atoms with van der Waals surface area (Å²) in [5, 5.41) is 0. The first-order valence-electron chi connectivity index (χ1n) is 9.01. The van der Waals surface area contributed by atoms with Crippen LogP contribution in [0.15, 0.2) is 67.3 Å². The van der Waals surface area contributed by atoms with Crippen LogP contribution in [-0.2, 0) is 6.42 Å². The summed E-state index contributed by atoms with van der Waals surface area (Å²) in [5.74, 6) is 0.911. The molecule has 1 saturated heterocycles. The highest BCUT2D eigenvalue weighted by molar-refractivity contribution is 5.49. The Kier molecular flexibility index (Phi) is 5.77. The van der Waals surface area contributed by atoms with Crippen LogP contribution in [0.3, 0.4) is 0 Å². The summed E-state index contributed by atoms with van der Waals surface area (Å²) >= 11 is 0. The van der Waals surface area contributed by atoms with Gasteiger partial charge in [-0.15, -0.1) is 6.58 Å². The first-order valence-corrected chi connectivity index (χ1v) is 9.01. The van der Waals surface area contributed by atoms with E-state index in [0.717, 1.165) is 31.8 Å². The first kappa shape index (κ1) is 17.6. The summed E-state index contributed by atoms with van der Waals surface area (Å²) < 4.78 is 5.29. The fraction of sp³-hybridized carbons (Fsp3) is 0.364. The van der Waals surface area contributed by atoms with E-state index >= 15 is 0 Å². The van der Waals surface area contributed by atoms with Crippen molar-refractivity contribution in [2.24, 2.45) is 0 Å².